The molecule has 1 amide bonds. The molecule has 4 rings (SSSR count). The van der Waals surface area contributed by atoms with Gasteiger partial charge in [-0.15, -0.1) is 0 Å². The molecule has 3 N–H and O–H groups in total. The van der Waals surface area contributed by atoms with Crippen LogP contribution in [0.4, 0.5) is 5.82 Å². The number of amides is 1. The van der Waals surface area contributed by atoms with E-state index in [0.717, 1.165) is 11.8 Å². The fraction of sp³-hybridized carbons (Fsp3) is 0.652. The Kier molecular flexibility index (Phi) is 7.05. The Morgan fingerprint density at radius 3 is 2.66 bits per heavy atom. The van der Waals surface area contributed by atoms with Crippen molar-refractivity contribution >= 4 is 38.8 Å². The SMILES string of the molecule is COC(=O)C1(C(C(N)=O)S(=O)(=O)N2CCC(C)C(N(C)c3ncnc4[nH]ccc34)C2)CCCCC1. The Balaban J connectivity index is 1.68. The summed E-state index contributed by atoms with van der Waals surface area (Å²) in [6.07, 6.45) is 6.50. The van der Waals surface area contributed by atoms with E-state index in [1.165, 1.54) is 17.7 Å². The van der Waals surface area contributed by atoms with Crippen LogP contribution in [0.25, 0.3) is 11.0 Å². The first-order valence-electron chi connectivity index (χ1n) is 12.0. The van der Waals surface area contributed by atoms with Gasteiger partial charge in [-0.05, 0) is 31.2 Å². The number of anilines is 1. The Morgan fingerprint density at radius 2 is 2.00 bits per heavy atom. The Labute approximate surface area is 205 Å². The van der Waals surface area contributed by atoms with Crippen molar-refractivity contribution in [2.24, 2.45) is 17.1 Å². The minimum atomic E-state index is -4.25. The summed E-state index contributed by atoms with van der Waals surface area (Å²) in [5.74, 6) is -0.839. The lowest BCUT2D eigenvalue weighted by atomic mass is 9.71. The molecular weight excluding hydrogens is 472 g/mol. The zero-order valence-electron chi connectivity index (χ0n) is 20.4. The minimum absolute atomic E-state index is 0.150. The lowest BCUT2D eigenvalue weighted by Crippen LogP contribution is -2.61. The van der Waals surface area contributed by atoms with Crippen molar-refractivity contribution in [3.63, 3.8) is 0 Å². The van der Waals surface area contributed by atoms with E-state index in [1.54, 1.807) is 6.20 Å². The number of piperidine rings is 1. The van der Waals surface area contributed by atoms with Crippen molar-refractivity contribution in [1.82, 2.24) is 19.3 Å². The molecule has 1 saturated carbocycles. The van der Waals surface area contributed by atoms with Gasteiger partial charge in [0.15, 0.2) is 5.25 Å². The standard InChI is InChI=1S/C23H34N6O5S/c1-15-8-12-29(13-17(15)28(2)21-16-7-11-25-20(16)26-14-27-21)35(32,33)18(19(24)30)23(22(31)34-3)9-5-4-6-10-23/h7,11,14-15,17-18H,4-6,8-10,12-13H2,1-3H3,(H2,24,30)(H,25,26,27). The topological polar surface area (TPSA) is 152 Å². The number of aromatic amines is 1. The second-order valence-corrected chi connectivity index (χ2v) is 11.8. The number of ether oxygens (including phenoxy) is 1. The van der Waals surface area contributed by atoms with Gasteiger partial charge in [-0.1, -0.05) is 26.2 Å². The number of carbonyl (C=O) groups is 2. The number of methoxy groups -OCH3 is 1. The quantitative estimate of drug-likeness (QED) is 0.535. The van der Waals surface area contributed by atoms with Crippen LogP contribution in [0.3, 0.4) is 0 Å². The number of nitrogens with zero attached hydrogens (tertiary/aromatic N) is 4. The number of likely N-dealkylation sites (N-methyl/N-ethyl adjacent to an activating group) is 1. The van der Waals surface area contributed by atoms with Gasteiger partial charge < -0.3 is 20.4 Å². The lowest BCUT2D eigenvalue weighted by molar-refractivity contribution is -0.157. The smallest absolute Gasteiger partial charge is 0.313 e. The first-order chi connectivity index (χ1) is 16.6. The highest BCUT2D eigenvalue weighted by molar-refractivity contribution is 7.90. The fourth-order valence-electron chi connectivity index (χ4n) is 5.86. The largest absolute Gasteiger partial charge is 0.469 e. The molecule has 2 aliphatic rings. The summed E-state index contributed by atoms with van der Waals surface area (Å²) in [4.78, 5) is 39.4. The molecule has 0 radical (unpaired) electrons. The third-order valence-corrected chi connectivity index (χ3v) is 10.1. The van der Waals surface area contributed by atoms with Crippen LogP contribution in [-0.4, -0.2) is 78.1 Å². The van der Waals surface area contributed by atoms with E-state index in [-0.39, 0.29) is 37.9 Å². The van der Waals surface area contributed by atoms with Gasteiger partial charge >= 0.3 is 5.97 Å². The summed E-state index contributed by atoms with van der Waals surface area (Å²) in [6, 6.07) is 1.68. The summed E-state index contributed by atoms with van der Waals surface area (Å²) < 4.78 is 34.4. The number of carbonyl (C=O) groups excluding carboxylic acids is 2. The second-order valence-electron chi connectivity index (χ2n) is 9.78. The molecule has 1 aliphatic carbocycles. The molecule has 0 spiro atoms. The number of nitrogens with one attached hydrogen (secondary N) is 1. The monoisotopic (exact) mass is 506 g/mol. The summed E-state index contributed by atoms with van der Waals surface area (Å²) in [5, 5.41) is -0.832. The average molecular weight is 507 g/mol. The molecule has 12 heteroatoms. The van der Waals surface area contributed by atoms with E-state index in [4.69, 9.17) is 10.5 Å². The number of hydrogen-bond donors (Lipinski definition) is 2. The molecule has 0 bridgehead atoms. The third kappa shape index (κ3) is 4.37. The molecule has 35 heavy (non-hydrogen) atoms. The zero-order chi connectivity index (χ0) is 25.4. The minimum Gasteiger partial charge on any atom is -0.469 e. The molecule has 2 aromatic rings. The van der Waals surface area contributed by atoms with Gasteiger partial charge in [0.25, 0.3) is 0 Å². The number of rotatable bonds is 7. The van der Waals surface area contributed by atoms with Crippen LogP contribution in [0.5, 0.6) is 0 Å². The van der Waals surface area contributed by atoms with E-state index in [9.17, 15) is 18.0 Å². The van der Waals surface area contributed by atoms with E-state index < -0.39 is 32.6 Å². The van der Waals surface area contributed by atoms with Crippen LogP contribution in [0.2, 0.25) is 0 Å². The van der Waals surface area contributed by atoms with Gasteiger partial charge in [0.05, 0.1) is 17.9 Å². The van der Waals surface area contributed by atoms with Crippen LogP contribution in [0.15, 0.2) is 18.6 Å². The summed E-state index contributed by atoms with van der Waals surface area (Å²) >= 11 is 0. The average Bonchev–Trinajstić information content (AvgIpc) is 3.32. The van der Waals surface area contributed by atoms with Crippen molar-refractivity contribution in [1.29, 1.82) is 0 Å². The summed E-state index contributed by atoms with van der Waals surface area (Å²) in [7, 11) is -1.14. The number of aromatic nitrogens is 3. The van der Waals surface area contributed by atoms with Crippen LogP contribution in [0.1, 0.15) is 45.4 Å². The van der Waals surface area contributed by atoms with Crippen LogP contribution in [-0.2, 0) is 24.3 Å². The molecule has 3 atom stereocenters. The van der Waals surface area contributed by atoms with Crippen LogP contribution < -0.4 is 10.6 Å². The highest BCUT2D eigenvalue weighted by Crippen LogP contribution is 2.44. The Hall–Kier alpha value is -2.73. The fourth-order valence-corrected chi connectivity index (χ4v) is 8.08. The molecule has 11 nitrogen and oxygen atoms in total. The van der Waals surface area contributed by atoms with Crippen molar-refractivity contribution in [3.8, 4) is 0 Å². The predicted octanol–water partition coefficient (Wildman–Crippen LogP) is 1.41. The van der Waals surface area contributed by atoms with Crippen molar-refractivity contribution < 1.29 is 22.7 Å². The molecular formula is C23H34N6O5S. The van der Waals surface area contributed by atoms with Crippen molar-refractivity contribution in [2.45, 2.75) is 56.7 Å². The molecule has 192 valence electrons. The van der Waals surface area contributed by atoms with Crippen LogP contribution >= 0.6 is 0 Å². The predicted molar refractivity (Wildman–Crippen MR) is 131 cm³/mol. The zero-order valence-corrected chi connectivity index (χ0v) is 21.3. The second kappa shape index (κ2) is 9.73. The highest BCUT2D eigenvalue weighted by Gasteiger charge is 2.58. The van der Waals surface area contributed by atoms with Gasteiger partial charge in [0.1, 0.15) is 17.8 Å². The Morgan fingerprint density at radius 1 is 1.29 bits per heavy atom. The number of fused-ring (bicyclic) bond motifs is 1. The molecule has 0 aromatic carbocycles. The first-order valence-corrected chi connectivity index (χ1v) is 13.5. The molecule has 1 saturated heterocycles. The van der Waals surface area contributed by atoms with Crippen molar-refractivity contribution in [2.75, 3.05) is 32.1 Å². The van der Waals surface area contributed by atoms with Gasteiger partial charge in [-0.25, -0.2) is 18.4 Å². The molecule has 2 aromatic heterocycles. The maximum Gasteiger partial charge on any atom is 0.313 e. The molecule has 2 fully saturated rings. The highest BCUT2D eigenvalue weighted by atomic mass is 32.2. The van der Waals surface area contributed by atoms with E-state index in [1.807, 2.05) is 18.0 Å². The number of sulfonamides is 1. The van der Waals surface area contributed by atoms with Crippen LogP contribution in [0, 0.1) is 11.3 Å². The van der Waals surface area contributed by atoms with Gasteiger partial charge in [0, 0.05) is 32.4 Å². The number of H-pyrrole nitrogens is 1. The number of esters is 1. The molecule has 1 aliphatic heterocycles. The van der Waals surface area contributed by atoms with Crippen molar-refractivity contribution in [3.05, 3.63) is 18.6 Å². The number of nitrogens with two attached hydrogens (primary N) is 1. The maximum atomic E-state index is 14.0. The normalized spacial score (nSPS) is 24.1. The first kappa shape index (κ1) is 25.4. The van der Waals surface area contributed by atoms with Gasteiger partial charge in [-0.3, -0.25) is 9.59 Å². The number of hydrogen-bond acceptors (Lipinski definition) is 8. The maximum absolute atomic E-state index is 14.0. The van der Waals surface area contributed by atoms with E-state index in [2.05, 4.69) is 21.9 Å². The Bertz CT molecular complexity index is 1190. The molecule has 3 unspecified atom stereocenters. The lowest BCUT2D eigenvalue weighted by Gasteiger charge is -2.45. The van der Waals surface area contributed by atoms with Gasteiger partial charge in [-0.2, -0.15) is 4.31 Å². The van der Waals surface area contributed by atoms with E-state index >= 15 is 0 Å². The summed E-state index contributed by atoms with van der Waals surface area (Å²) in [6.45, 7) is 2.47. The van der Waals surface area contributed by atoms with Gasteiger partial charge in [0.2, 0.25) is 15.9 Å². The third-order valence-electron chi connectivity index (χ3n) is 7.80. The van der Waals surface area contributed by atoms with E-state index in [0.29, 0.717) is 30.7 Å². The molecule has 3 heterocycles. The summed E-state index contributed by atoms with van der Waals surface area (Å²) in [5.41, 5.74) is 4.95. The number of primary amides is 1.